The Balaban J connectivity index is 1.34. The van der Waals surface area contributed by atoms with E-state index in [0.29, 0.717) is 38.4 Å². The number of aliphatic hydroxyl groups is 1. The van der Waals surface area contributed by atoms with Crippen LogP contribution in [0.4, 0.5) is 0 Å². The van der Waals surface area contributed by atoms with Crippen LogP contribution in [0.1, 0.15) is 50.5 Å². The molecule has 1 amide bonds. The highest BCUT2D eigenvalue weighted by molar-refractivity contribution is 5.93. The number of rotatable bonds is 4. The maximum absolute atomic E-state index is 13.8. The Labute approximate surface area is 166 Å². The van der Waals surface area contributed by atoms with E-state index in [2.05, 4.69) is 29.2 Å². The third kappa shape index (κ3) is 2.71. The monoisotopic (exact) mass is 379 g/mol. The first kappa shape index (κ1) is 17.9. The van der Waals surface area contributed by atoms with Gasteiger partial charge in [0.2, 0.25) is 5.91 Å². The Morgan fingerprint density at radius 1 is 1.07 bits per heavy atom. The third-order valence-corrected chi connectivity index (χ3v) is 7.59. The third-order valence-electron chi connectivity index (χ3n) is 7.59. The number of piperidine rings is 1. The lowest BCUT2D eigenvalue weighted by molar-refractivity contribution is -0.139. The number of amides is 1. The van der Waals surface area contributed by atoms with E-state index in [-0.39, 0.29) is 10.8 Å². The number of benzene rings is 1. The summed E-state index contributed by atoms with van der Waals surface area (Å²) in [5, 5.41) is 11.0. The van der Waals surface area contributed by atoms with Gasteiger partial charge in [0.15, 0.2) is 0 Å². The molecule has 1 spiro atoms. The van der Waals surface area contributed by atoms with Crippen molar-refractivity contribution in [1.82, 2.24) is 14.5 Å². The van der Waals surface area contributed by atoms with Gasteiger partial charge >= 0.3 is 0 Å². The van der Waals surface area contributed by atoms with Crippen LogP contribution in [0, 0.1) is 5.41 Å². The van der Waals surface area contributed by atoms with Gasteiger partial charge in [-0.25, -0.2) is 4.98 Å². The predicted molar refractivity (Wildman–Crippen MR) is 107 cm³/mol. The number of imidazole rings is 1. The highest BCUT2D eigenvalue weighted by Crippen LogP contribution is 2.72. The van der Waals surface area contributed by atoms with Gasteiger partial charge in [0.05, 0.1) is 23.9 Å². The summed E-state index contributed by atoms with van der Waals surface area (Å²) in [6, 6.07) is 10.4. The summed E-state index contributed by atoms with van der Waals surface area (Å²) in [6.45, 7) is 1.81. The van der Waals surface area contributed by atoms with Crippen molar-refractivity contribution >= 4 is 5.91 Å². The van der Waals surface area contributed by atoms with Gasteiger partial charge in [0.1, 0.15) is 0 Å². The van der Waals surface area contributed by atoms with Crippen LogP contribution < -0.4 is 0 Å². The Morgan fingerprint density at radius 2 is 1.79 bits per heavy atom. The molecule has 3 fully saturated rings. The number of nitrogens with zero attached hydrogens (tertiary/aromatic N) is 3. The summed E-state index contributed by atoms with van der Waals surface area (Å²) in [5.74, 6) is 0.297. The maximum atomic E-state index is 13.8. The van der Waals surface area contributed by atoms with Crippen LogP contribution in [0.25, 0.3) is 0 Å². The number of hydrogen-bond acceptors (Lipinski definition) is 3. The molecule has 1 N–H and O–H groups in total. The van der Waals surface area contributed by atoms with Crippen molar-refractivity contribution in [3.63, 3.8) is 0 Å². The number of aromatic nitrogens is 2. The summed E-state index contributed by atoms with van der Waals surface area (Å²) in [7, 11) is 0. The molecule has 28 heavy (non-hydrogen) atoms. The van der Waals surface area contributed by atoms with Gasteiger partial charge in [-0.1, -0.05) is 43.2 Å². The first-order chi connectivity index (χ1) is 13.6. The van der Waals surface area contributed by atoms with Crippen molar-refractivity contribution in [2.45, 2.75) is 62.5 Å². The molecule has 148 valence electrons. The number of carbonyl (C=O) groups excluding carboxylic acids is 1. The van der Waals surface area contributed by atoms with Crippen molar-refractivity contribution in [2.24, 2.45) is 5.41 Å². The lowest BCUT2D eigenvalue weighted by Crippen LogP contribution is -2.51. The fraction of sp³-hybridized carbons (Fsp3) is 0.565. The smallest absolute Gasteiger partial charge is 0.233 e. The lowest BCUT2D eigenvalue weighted by Gasteiger charge is -2.40. The molecule has 1 unspecified atom stereocenters. The minimum atomic E-state index is -0.758. The van der Waals surface area contributed by atoms with Crippen LogP contribution in [0.15, 0.2) is 49.1 Å². The van der Waals surface area contributed by atoms with Gasteiger partial charge in [-0.05, 0) is 43.1 Å². The SMILES string of the molecule is O=C(N1CCC(O)(Cn2ccnc2)CC1)C1(c2ccccc2)CC12CCCC2. The molecule has 2 heterocycles. The molecule has 1 aliphatic heterocycles. The summed E-state index contributed by atoms with van der Waals surface area (Å²) in [6.07, 6.45) is 12.4. The van der Waals surface area contributed by atoms with E-state index in [1.54, 1.807) is 12.5 Å². The Bertz CT molecular complexity index is 834. The maximum Gasteiger partial charge on any atom is 0.233 e. The largest absolute Gasteiger partial charge is 0.388 e. The standard InChI is InChI=1S/C23H29N3O2/c27-20(26-13-10-22(28,11-14-26)17-25-15-12-24-18-25)23(19-6-2-1-3-7-19)16-21(23)8-4-5-9-21/h1-3,6-7,12,15,18,28H,4-5,8-11,13-14,16-17H2. The predicted octanol–water partition coefficient (Wildman–Crippen LogP) is 3.14. The zero-order chi connectivity index (χ0) is 19.2. The van der Waals surface area contributed by atoms with E-state index in [1.165, 1.54) is 31.2 Å². The highest BCUT2D eigenvalue weighted by atomic mass is 16.3. The molecule has 2 saturated carbocycles. The molecular weight excluding hydrogens is 350 g/mol. The summed E-state index contributed by atoms with van der Waals surface area (Å²) in [5.41, 5.74) is 0.285. The molecule has 2 aliphatic carbocycles. The molecular formula is C23H29N3O2. The Hall–Kier alpha value is -2.14. The molecule has 3 aliphatic rings. The number of likely N-dealkylation sites (tertiary alicyclic amines) is 1. The second-order valence-corrected chi connectivity index (χ2v) is 9.19. The minimum absolute atomic E-state index is 0.177. The van der Waals surface area contributed by atoms with Crippen LogP contribution >= 0.6 is 0 Å². The fourth-order valence-corrected chi connectivity index (χ4v) is 5.95. The Morgan fingerprint density at radius 3 is 2.43 bits per heavy atom. The van der Waals surface area contributed by atoms with Crippen molar-refractivity contribution in [3.8, 4) is 0 Å². The van der Waals surface area contributed by atoms with Gasteiger partial charge in [0, 0.05) is 25.5 Å². The van der Waals surface area contributed by atoms with Gasteiger partial charge in [-0.15, -0.1) is 0 Å². The Kier molecular flexibility index (Phi) is 4.13. The summed E-state index contributed by atoms with van der Waals surface area (Å²) in [4.78, 5) is 19.9. The first-order valence-corrected chi connectivity index (χ1v) is 10.6. The average molecular weight is 380 g/mol. The average Bonchev–Trinajstić information content (AvgIpc) is 3.05. The van der Waals surface area contributed by atoms with E-state index in [0.717, 1.165) is 6.42 Å². The van der Waals surface area contributed by atoms with Crippen LogP contribution in [-0.2, 0) is 16.8 Å². The summed E-state index contributed by atoms with van der Waals surface area (Å²) >= 11 is 0. The molecule has 1 saturated heterocycles. The number of carbonyl (C=O) groups is 1. The van der Waals surface area contributed by atoms with Crippen LogP contribution in [0.2, 0.25) is 0 Å². The van der Waals surface area contributed by atoms with Crippen LogP contribution in [0.3, 0.4) is 0 Å². The second-order valence-electron chi connectivity index (χ2n) is 9.19. The topological polar surface area (TPSA) is 58.4 Å². The van der Waals surface area contributed by atoms with Crippen molar-refractivity contribution in [3.05, 3.63) is 54.6 Å². The van der Waals surface area contributed by atoms with E-state index in [1.807, 2.05) is 21.7 Å². The van der Waals surface area contributed by atoms with Crippen molar-refractivity contribution in [2.75, 3.05) is 13.1 Å². The number of hydrogen-bond donors (Lipinski definition) is 1. The van der Waals surface area contributed by atoms with Crippen molar-refractivity contribution in [1.29, 1.82) is 0 Å². The lowest BCUT2D eigenvalue weighted by atomic mass is 9.82. The molecule has 1 atom stereocenters. The van der Waals surface area contributed by atoms with Crippen molar-refractivity contribution < 1.29 is 9.90 Å². The van der Waals surface area contributed by atoms with Gasteiger partial charge in [0.25, 0.3) is 0 Å². The molecule has 0 bridgehead atoms. The highest BCUT2D eigenvalue weighted by Gasteiger charge is 2.73. The van der Waals surface area contributed by atoms with E-state index >= 15 is 0 Å². The van der Waals surface area contributed by atoms with Gasteiger partial charge in [-0.2, -0.15) is 0 Å². The van der Waals surface area contributed by atoms with Crippen LogP contribution in [0.5, 0.6) is 0 Å². The zero-order valence-electron chi connectivity index (χ0n) is 16.4. The quantitative estimate of drug-likeness (QED) is 0.888. The first-order valence-electron chi connectivity index (χ1n) is 10.6. The zero-order valence-corrected chi connectivity index (χ0v) is 16.4. The molecule has 0 radical (unpaired) electrons. The molecule has 5 rings (SSSR count). The summed E-state index contributed by atoms with van der Waals surface area (Å²) < 4.78 is 1.93. The molecule has 2 aromatic rings. The van der Waals surface area contributed by atoms with E-state index in [4.69, 9.17) is 0 Å². The fourth-order valence-electron chi connectivity index (χ4n) is 5.95. The van der Waals surface area contributed by atoms with Gasteiger partial charge in [-0.3, -0.25) is 4.79 Å². The molecule has 1 aromatic carbocycles. The van der Waals surface area contributed by atoms with Crippen LogP contribution in [-0.4, -0.2) is 44.2 Å². The molecule has 5 heteroatoms. The van der Waals surface area contributed by atoms with E-state index < -0.39 is 5.60 Å². The normalized spacial score (nSPS) is 27.8. The minimum Gasteiger partial charge on any atom is -0.388 e. The van der Waals surface area contributed by atoms with E-state index in [9.17, 15) is 9.90 Å². The van der Waals surface area contributed by atoms with Gasteiger partial charge < -0.3 is 14.6 Å². The second kappa shape index (κ2) is 6.45. The molecule has 5 nitrogen and oxygen atoms in total. The molecule has 1 aromatic heterocycles.